The van der Waals surface area contributed by atoms with Crippen LogP contribution in [0, 0.1) is 0 Å². The van der Waals surface area contributed by atoms with Crippen LogP contribution in [0.1, 0.15) is 44.1 Å². The maximum atomic E-state index is 12.9. The number of aromatic nitrogens is 1. The van der Waals surface area contributed by atoms with E-state index in [1.54, 1.807) is 48.5 Å². The molecular weight excluding hydrogens is 360 g/mol. The Labute approximate surface area is 160 Å². The summed E-state index contributed by atoms with van der Waals surface area (Å²) in [7, 11) is 0. The fourth-order valence-electron chi connectivity index (χ4n) is 3.39. The fraction of sp³-hybridized carbons (Fsp3) is 0.190. The van der Waals surface area contributed by atoms with Crippen LogP contribution in [0.4, 0.5) is 5.13 Å². The molecule has 0 bridgehead atoms. The summed E-state index contributed by atoms with van der Waals surface area (Å²) < 4.78 is 0. The summed E-state index contributed by atoms with van der Waals surface area (Å²) in [6.45, 7) is 0. The van der Waals surface area contributed by atoms with Gasteiger partial charge in [-0.15, -0.1) is 11.3 Å². The first-order valence-electron chi connectivity index (χ1n) is 8.85. The fourth-order valence-corrected chi connectivity index (χ4v) is 4.44. The van der Waals surface area contributed by atoms with Gasteiger partial charge in [-0.25, -0.2) is 9.78 Å². The normalized spacial score (nSPS) is 13.0. The standard InChI is InChI=1S/C21H18N2O3S/c24-19(23-21-22-17-11-5-6-12-18(17)27-21)15-9-3-1-7-13(15)14-8-2-4-10-16(14)20(25)26/h1-4,7-10H,5-6,11-12H2,(H,25,26)(H,22,23,24). The number of carboxylic acids is 1. The number of nitrogens with one attached hydrogen (secondary N) is 1. The lowest BCUT2D eigenvalue weighted by molar-refractivity contribution is 0.0697. The van der Waals surface area contributed by atoms with Gasteiger partial charge in [-0.2, -0.15) is 0 Å². The molecule has 0 saturated heterocycles. The van der Waals surface area contributed by atoms with Gasteiger partial charge in [0, 0.05) is 10.4 Å². The number of nitrogens with zero attached hydrogens (tertiary/aromatic N) is 1. The number of hydrogen-bond acceptors (Lipinski definition) is 4. The molecule has 0 aliphatic heterocycles. The molecular formula is C21H18N2O3S. The molecule has 0 atom stereocenters. The molecule has 27 heavy (non-hydrogen) atoms. The zero-order valence-corrected chi connectivity index (χ0v) is 15.4. The van der Waals surface area contributed by atoms with E-state index in [1.807, 2.05) is 0 Å². The lowest BCUT2D eigenvalue weighted by Crippen LogP contribution is -2.13. The first-order chi connectivity index (χ1) is 13.1. The molecule has 0 spiro atoms. The van der Waals surface area contributed by atoms with Crippen LogP contribution >= 0.6 is 11.3 Å². The summed E-state index contributed by atoms with van der Waals surface area (Å²) in [6.07, 6.45) is 4.28. The van der Waals surface area contributed by atoms with Crippen LogP contribution in [0.3, 0.4) is 0 Å². The smallest absolute Gasteiger partial charge is 0.336 e. The Balaban J connectivity index is 1.68. The minimum Gasteiger partial charge on any atom is -0.478 e. The maximum Gasteiger partial charge on any atom is 0.336 e. The van der Waals surface area contributed by atoms with E-state index >= 15 is 0 Å². The Morgan fingerprint density at radius 2 is 1.56 bits per heavy atom. The Morgan fingerprint density at radius 1 is 0.926 bits per heavy atom. The van der Waals surface area contributed by atoms with E-state index in [4.69, 9.17) is 0 Å². The van der Waals surface area contributed by atoms with Gasteiger partial charge < -0.3 is 5.11 Å². The third-order valence-electron chi connectivity index (χ3n) is 4.69. The molecule has 6 heteroatoms. The number of fused-ring (bicyclic) bond motifs is 1. The predicted octanol–water partition coefficient (Wildman–Crippen LogP) is 4.64. The molecule has 0 saturated carbocycles. The molecule has 0 unspecified atom stereocenters. The van der Waals surface area contributed by atoms with Crippen molar-refractivity contribution in [2.45, 2.75) is 25.7 Å². The van der Waals surface area contributed by atoms with Gasteiger partial charge >= 0.3 is 5.97 Å². The van der Waals surface area contributed by atoms with Gasteiger partial charge in [0.2, 0.25) is 0 Å². The zero-order chi connectivity index (χ0) is 18.8. The van der Waals surface area contributed by atoms with E-state index in [0.717, 1.165) is 31.4 Å². The molecule has 2 N–H and O–H groups in total. The third kappa shape index (κ3) is 3.48. The summed E-state index contributed by atoms with van der Waals surface area (Å²) in [6, 6.07) is 13.8. The van der Waals surface area contributed by atoms with Gasteiger partial charge in [-0.05, 0) is 48.9 Å². The van der Waals surface area contributed by atoms with Crippen molar-refractivity contribution in [3.05, 3.63) is 70.2 Å². The van der Waals surface area contributed by atoms with Crippen LogP contribution in [0.15, 0.2) is 48.5 Å². The molecule has 4 rings (SSSR count). The Morgan fingerprint density at radius 3 is 2.26 bits per heavy atom. The zero-order valence-electron chi connectivity index (χ0n) is 14.6. The number of carbonyl (C=O) groups excluding carboxylic acids is 1. The molecule has 0 fully saturated rings. The average molecular weight is 378 g/mol. The number of carbonyl (C=O) groups is 2. The number of anilines is 1. The number of amides is 1. The molecule has 136 valence electrons. The van der Waals surface area contributed by atoms with E-state index < -0.39 is 5.97 Å². The predicted molar refractivity (Wildman–Crippen MR) is 106 cm³/mol. The van der Waals surface area contributed by atoms with Gasteiger partial charge in [0.05, 0.1) is 11.3 Å². The molecule has 0 radical (unpaired) electrons. The first kappa shape index (κ1) is 17.4. The van der Waals surface area contributed by atoms with Gasteiger partial charge in [-0.3, -0.25) is 10.1 Å². The maximum absolute atomic E-state index is 12.9. The molecule has 2 aromatic carbocycles. The quantitative estimate of drug-likeness (QED) is 0.693. The molecule has 3 aromatic rings. The number of carboxylic acid groups (broad SMARTS) is 1. The monoisotopic (exact) mass is 378 g/mol. The van der Waals surface area contributed by atoms with Gasteiger partial charge in [0.15, 0.2) is 5.13 Å². The van der Waals surface area contributed by atoms with Crippen molar-refractivity contribution in [3.63, 3.8) is 0 Å². The van der Waals surface area contributed by atoms with E-state index in [2.05, 4.69) is 10.3 Å². The Bertz CT molecular complexity index is 1000. The number of benzene rings is 2. The summed E-state index contributed by atoms with van der Waals surface area (Å²) in [4.78, 5) is 30.3. The van der Waals surface area contributed by atoms with Crippen molar-refractivity contribution >= 4 is 28.3 Å². The average Bonchev–Trinajstić information content (AvgIpc) is 3.10. The second kappa shape index (κ2) is 7.32. The van der Waals surface area contributed by atoms with Crippen molar-refractivity contribution < 1.29 is 14.7 Å². The number of hydrogen-bond donors (Lipinski definition) is 2. The molecule has 1 aliphatic rings. The summed E-state index contributed by atoms with van der Waals surface area (Å²) in [5.74, 6) is -1.30. The van der Waals surface area contributed by atoms with Crippen molar-refractivity contribution in [2.75, 3.05) is 5.32 Å². The van der Waals surface area contributed by atoms with Crippen LogP contribution in [0.2, 0.25) is 0 Å². The van der Waals surface area contributed by atoms with Crippen LogP contribution < -0.4 is 5.32 Å². The minimum atomic E-state index is -1.02. The van der Waals surface area contributed by atoms with Crippen LogP contribution in [-0.4, -0.2) is 22.0 Å². The van der Waals surface area contributed by atoms with Crippen molar-refractivity contribution in [2.24, 2.45) is 0 Å². The van der Waals surface area contributed by atoms with E-state index in [9.17, 15) is 14.7 Å². The largest absolute Gasteiger partial charge is 0.478 e. The third-order valence-corrected chi connectivity index (χ3v) is 5.76. The highest BCUT2D eigenvalue weighted by Crippen LogP contribution is 2.31. The molecule has 1 amide bonds. The minimum absolute atomic E-state index is 0.169. The van der Waals surface area contributed by atoms with E-state index in [-0.39, 0.29) is 11.5 Å². The van der Waals surface area contributed by atoms with Gasteiger partial charge in [0.25, 0.3) is 5.91 Å². The number of rotatable bonds is 4. The van der Waals surface area contributed by atoms with Crippen LogP contribution in [-0.2, 0) is 12.8 Å². The van der Waals surface area contributed by atoms with Gasteiger partial charge in [-0.1, -0.05) is 36.4 Å². The SMILES string of the molecule is O=C(O)c1ccccc1-c1ccccc1C(=O)Nc1nc2c(s1)CCCC2. The lowest BCUT2D eigenvalue weighted by Gasteiger charge is -2.11. The lowest BCUT2D eigenvalue weighted by atomic mass is 9.95. The van der Waals surface area contributed by atoms with E-state index in [1.165, 1.54) is 16.2 Å². The van der Waals surface area contributed by atoms with Gasteiger partial charge in [0.1, 0.15) is 0 Å². The molecule has 1 aromatic heterocycles. The highest BCUT2D eigenvalue weighted by molar-refractivity contribution is 7.15. The van der Waals surface area contributed by atoms with E-state index in [0.29, 0.717) is 21.8 Å². The topological polar surface area (TPSA) is 79.3 Å². The second-order valence-electron chi connectivity index (χ2n) is 6.45. The van der Waals surface area contributed by atoms with Crippen LogP contribution in [0.5, 0.6) is 0 Å². The molecule has 5 nitrogen and oxygen atoms in total. The number of aryl methyl sites for hydroxylation is 2. The number of thiazole rings is 1. The second-order valence-corrected chi connectivity index (χ2v) is 7.53. The summed E-state index contributed by atoms with van der Waals surface area (Å²) >= 11 is 1.53. The highest BCUT2D eigenvalue weighted by Gasteiger charge is 2.20. The Hall–Kier alpha value is -2.99. The summed E-state index contributed by atoms with van der Waals surface area (Å²) in [5, 5.41) is 13.0. The van der Waals surface area contributed by atoms with Crippen LogP contribution in [0.25, 0.3) is 11.1 Å². The molecule has 1 heterocycles. The molecule has 1 aliphatic carbocycles. The van der Waals surface area contributed by atoms with Crippen molar-refractivity contribution in [1.82, 2.24) is 4.98 Å². The van der Waals surface area contributed by atoms with Crippen molar-refractivity contribution in [1.29, 1.82) is 0 Å². The van der Waals surface area contributed by atoms with Crippen molar-refractivity contribution in [3.8, 4) is 11.1 Å². The Kier molecular flexibility index (Phi) is 4.73. The first-order valence-corrected chi connectivity index (χ1v) is 9.67. The highest BCUT2D eigenvalue weighted by atomic mass is 32.1. The summed E-state index contributed by atoms with van der Waals surface area (Å²) in [5.41, 5.74) is 2.80. The number of aromatic carboxylic acids is 1.